The van der Waals surface area contributed by atoms with Crippen molar-refractivity contribution in [3.63, 3.8) is 0 Å². The van der Waals surface area contributed by atoms with Gasteiger partial charge in [-0.1, -0.05) is 12.1 Å². The van der Waals surface area contributed by atoms with Crippen molar-refractivity contribution in [2.24, 2.45) is 0 Å². The van der Waals surface area contributed by atoms with E-state index >= 15 is 0 Å². The second kappa shape index (κ2) is 7.67. The van der Waals surface area contributed by atoms with Crippen LogP contribution in [-0.2, 0) is 16.6 Å². The lowest BCUT2D eigenvalue weighted by molar-refractivity contribution is -0.0328. The first-order chi connectivity index (χ1) is 11.6. The van der Waals surface area contributed by atoms with Crippen LogP contribution in [0.1, 0.15) is 5.56 Å². The SMILES string of the molecule is COc1cccc(CN(C)S(=O)(=O)c2ccc(SC(F)(F)F)cc2)c1. The van der Waals surface area contributed by atoms with Crippen LogP contribution >= 0.6 is 11.8 Å². The number of halogens is 3. The van der Waals surface area contributed by atoms with E-state index in [4.69, 9.17) is 4.74 Å². The van der Waals surface area contributed by atoms with Crippen molar-refractivity contribution in [3.05, 3.63) is 54.1 Å². The van der Waals surface area contributed by atoms with Crippen molar-refractivity contribution in [1.29, 1.82) is 0 Å². The Morgan fingerprint density at radius 1 is 1.12 bits per heavy atom. The first-order valence-electron chi connectivity index (χ1n) is 7.07. The zero-order valence-corrected chi connectivity index (χ0v) is 15.1. The van der Waals surface area contributed by atoms with Crippen molar-refractivity contribution in [2.45, 2.75) is 21.8 Å². The molecule has 0 aliphatic heterocycles. The van der Waals surface area contributed by atoms with Gasteiger partial charge in [-0.2, -0.15) is 17.5 Å². The molecule has 0 unspecified atom stereocenters. The van der Waals surface area contributed by atoms with Gasteiger partial charge in [0.1, 0.15) is 5.75 Å². The maximum Gasteiger partial charge on any atom is 0.446 e. The highest BCUT2D eigenvalue weighted by molar-refractivity contribution is 8.00. The van der Waals surface area contributed by atoms with Crippen molar-refractivity contribution >= 4 is 21.8 Å². The highest BCUT2D eigenvalue weighted by atomic mass is 32.2. The van der Waals surface area contributed by atoms with Crippen LogP contribution in [0.15, 0.2) is 58.3 Å². The summed E-state index contributed by atoms with van der Waals surface area (Å²) in [6, 6.07) is 11.6. The Labute approximate surface area is 148 Å². The molecule has 0 heterocycles. The zero-order chi connectivity index (χ0) is 18.7. The minimum absolute atomic E-state index is 0.0654. The molecule has 0 aliphatic carbocycles. The summed E-state index contributed by atoms with van der Waals surface area (Å²) in [5.41, 5.74) is -3.68. The minimum atomic E-state index is -4.41. The lowest BCUT2D eigenvalue weighted by atomic mass is 10.2. The van der Waals surface area contributed by atoms with Crippen LogP contribution in [0.2, 0.25) is 0 Å². The molecule has 0 spiro atoms. The minimum Gasteiger partial charge on any atom is -0.497 e. The molecule has 0 N–H and O–H groups in total. The third kappa shape index (κ3) is 5.38. The van der Waals surface area contributed by atoms with Gasteiger partial charge >= 0.3 is 5.51 Å². The van der Waals surface area contributed by atoms with E-state index in [0.717, 1.165) is 22.0 Å². The number of nitrogens with zero attached hydrogens (tertiary/aromatic N) is 1. The maximum absolute atomic E-state index is 12.6. The highest BCUT2D eigenvalue weighted by Gasteiger charge is 2.29. The molecule has 0 aromatic heterocycles. The Morgan fingerprint density at radius 3 is 2.32 bits per heavy atom. The summed E-state index contributed by atoms with van der Waals surface area (Å²) < 4.78 is 68.3. The summed E-state index contributed by atoms with van der Waals surface area (Å²) in [6.45, 7) is 0.110. The average molecular weight is 391 g/mol. The number of methoxy groups -OCH3 is 1. The Hall–Kier alpha value is -1.71. The number of sulfonamides is 1. The number of hydrogen-bond donors (Lipinski definition) is 0. The Morgan fingerprint density at radius 2 is 1.76 bits per heavy atom. The number of benzene rings is 2. The number of thioether (sulfide) groups is 1. The summed E-state index contributed by atoms with van der Waals surface area (Å²) >= 11 is -0.287. The van der Waals surface area contributed by atoms with Gasteiger partial charge in [-0.3, -0.25) is 0 Å². The molecule has 2 aromatic rings. The molecule has 2 rings (SSSR count). The summed E-state index contributed by atoms with van der Waals surface area (Å²) in [6.07, 6.45) is 0. The van der Waals surface area contributed by atoms with E-state index in [1.165, 1.54) is 26.3 Å². The number of ether oxygens (including phenoxy) is 1. The molecular formula is C16H16F3NO3S2. The van der Waals surface area contributed by atoms with Gasteiger partial charge in [-0.25, -0.2) is 8.42 Å². The topological polar surface area (TPSA) is 46.6 Å². The lowest BCUT2D eigenvalue weighted by Crippen LogP contribution is -2.26. The molecule has 4 nitrogen and oxygen atoms in total. The second-order valence-electron chi connectivity index (χ2n) is 5.13. The van der Waals surface area contributed by atoms with Crippen molar-refractivity contribution in [3.8, 4) is 5.75 Å². The Kier molecular flexibility index (Phi) is 6.02. The molecular weight excluding hydrogens is 375 g/mol. The summed E-state index contributed by atoms with van der Waals surface area (Å²) in [5, 5.41) is 0. The molecule has 0 saturated carbocycles. The maximum atomic E-state index is 12.6. The standard InChI is InChI=1S/C16H16F3NO3S2/c1-20(11-12-4-3-5-13(10-12)23-2)25(21,22)15-8-6-14(7-9-15)24-16(17,18)19/h3-10H,11H2,1-2H3. The molecule has 0 bridgehead atoms. The smallest absolute Gasteiger partial charge is 0.446 e. The Balaban J connectivity index is 2.16. The first kappa shape index (κ1) is 19.6. The van der Waals surface area contributed by atoms with Crippen LogP contribution in [0.4, 0.5) is 13.2 Å². The van der Waals surface area contributed by atoms with E-state index in [2.05, 4.69) is 0 Å². The van der Waals surface area contributed by atoms with Crippen LogP contribution in [0.5, 0.6) is 5.75 Å². The molecule has 0 radical (unpaired) electrons. The van der Waals surface area contributed by atoms with Crippen LogP contribution in [0.25, 0.3) is 0 Å². The van der Waals surface area contributed by atoms with E-state index in [1.54, 1.807) is 24.3 Å². The fourth-order valence-corrected chi connectivity index (χ4v) is 3.80. The van der Waals surface area contributed by atoms with Gasteiger partial charge in [0.15, 0.2) is 0 Å². The Bertz CT molecular complexity index is 821. The predicted octanol–water partition coefficient (Wildman–Crippen LogP) is 4.13. The van der Waals surface area contributed by atoms with Gasteiger partial charge in [0.25, 0.3) is 0 Å². The van der Waals surface area contributed by atoms with Crippen molar-refractivity contribution in [1.82, 2.24) is 4.31 Å². The molecule has 2 aromatic carbocycles. The molecule has 0 atom stereocenters. The van der Waals surface area contributed by atoms with Gasteiger partial charge in [0, 0.05) is 18.5 Å². The average Bonchev–Trinajstić information content (AvgIpc) is 2.54. The molecule has 0 fully saturated rings. The third-order valence-electron chi connectivity index (χ3n) is 3.30. The fourth-order valence-electron chi connectivity index (χ4n) is 2.11. The second-order valence-corrected chi connectivity index (χ2v) is 8.32. The van der Waals surface area contributed by atoms with Gasteiger partial charge in [-0.15, -0.1) is 0 Å². The van der Waals surface area contributed by atoms with Crippen LogP contribution in [0.3, 0.4) is 0 Å². The van der Waals surface area contributed by atoms with Crippen LogP contribution in [-0.4, -0.2) is 32.4 Å². The monoisotopic (exact) mass is 391 g/mol. The van der Waals surface area contributed by atoms with Crippen LogP contribution < -0.4 is 4.74 Å². The van der Waals surface area contributed by atoms with Crippen molar-refractivity contribution < 1.29 is 26.3 Å². The molecule has 0 aliphatic rings. The van der Waals surface area contributed by atoms with E-state index in [9.17, 15) is 21.6 Å². The predicted molar refractivity (Wildman–Crippen MR) is 90.0 cm³/mol. The van der Waals surface area contributed by atoms with Crippen LogP contribution in [0, 0.1) is 0 Å². The van der Waals surface area contributed by atoms with Gasteiger partial charge < -0.3 is 4.74 Å². The molecule has 9 heteroatoms. The van der Waals surface area contributed by atoms with Gasteiger partial charge in [-0.05, 0) is 53.7 Å². The number of rotatable bonds is 6. The molecule has 0 saturated heterocycles. The quantitative estimate of drug-likeness (QED) is 0.695. The molecule has 136 valence electrons. The summed E-state index contributed by atoms with van der Waals surface area (Å²) in [4.78, 5) is -0.133. The lowest BCUT2D eigenvalue weighted by Gasteiger charge is -2.18. The van der Waals surface area contributed by atoms with Gasteiger partial charge in [0.2, 0.25) is 10.0 Å². The van der Waals surface area contributed by atoms with E-state index in [1.807, 2.05) is 0 Å². The largest absolute Gasteiger partial charge is 0.497 e. The molecule has 0 amide bonds. The van der Waals surface area contributed by atoms with E-state index in [-0.39, 0.29) is 28.1 Å². The third-order valence-corrected chi connectivity index (χ3v) is 5.86. The number of hydrogen-bond acceptors (Lipinski definition) is 4. The summed E-state index contributed by atoms with van der Waals surface area (Å²) in [7, 11) is -0.891. The summed E-state index contributed by atoms with van der Waals surface area (Å²) in [5.74, 6) is 0.608. The normalized spacial score (nSPS) is 12.4. The van der Waals surface area contributed by atoms with E-state index < -0.39 is 15.5 Å². The number of alkyl halides is 3. The zero-order valence-electron chi connectivity index (χ0n) is 13.4. The highest BCUT2D eigenvalue weighted by Crippen LogP contribution is 2.37. The van der Waals surface area contributed by atoms with Crippen molar-refractivity contribution in [2.75, 3.05) is 14.2 Å². The van der Waals surface area contributed by atoms with Gasteiger partial charge in [0.05, 0.1) is 12.0 Å². The molecule has 25 heavy (non-hydrogen) atoms. The van der Waals surface area contributed by atoms with E-state index in [0.29, 0.717) is 5.75 Å². The fraction of sp³-hybridized carbons (Fsp3) is 0.250. The first-order valence-corrected chi connectivity index (χ1v) is 9.32.